The smallest absolute Gasteiger partial charge is 0.108 e. The highest BCUT2D eigenvalue weighted by atomic mass is 32.1. The monoisotopic (exact) mass is 248 g/mol. The van der Waals surface area contributed by atoms with Crippen LogP contribution in [0.15, 0.2) is 24.3 Å². The van der Waals surface area contributed by atoms with Crippen LogP contribution in [-0.2, 0) is 6.54 Å². The van der Waals surface area contributed by atoms with Crippen LogP contribution in [0.1, 0.15) is 18.4 Å². The van der Waals surface area contributed by atoms with Crippen LogP contribution in [-0.4, -0.2) is 33.7 Å². The van der Waals surface area contributed by atoms with Gasteiger partial charge < -0.3 is 5.11 Å². The van der Waals surface area contributed by atoms with Gasteiger partial charge >= 0.3 is 0 Å². The molecule has 0 atom stereocenters. The lowest BCUT2D eigenvalue weighted by atomic mass is 9.91. The summed E-state index contributed by atoms with van der Waals surface area (Å²) in [7, 11) is 0. The third kappa shape index (κ3) is 2.08. The first-order chi connectivity index (χ1) is 8.18. The topological polar surface area (TPSA) is 36.4 Å². The van der Waals surface area contributed by atoms with Gasteiger partial charge in [0, 0.05) is 13.1 Å². The number of aromatic nitrogens is 1. The summed E-state index contributed by atoms with van der Waals surface area (Å²) < 4.78 is 1.24. The highest BCUT2D eigenvalue weighted by molar-refractivity contribution is 7.18. The molecule has 0 radical (unpaired) electrons. The van der Waals surface area contributed by atoms with E-state index < -0.39 is 5.60 Å². The van der Waals surface area contributed by atoms with Crippen molar-refractivity contribution in [3.05, 3.63) is 29.3 Å². The van der Waals surface area contributed by atoms with E-state index in [9.17, 15) is 5.11 Å². The number of hydrogen-bond donors (Lipinski definition) is 1. The fourth-order valence-corrected chi connectivity index (χ4v) is 3.31. The highest BCUT2D eigenvalue weighted by Crippen LogP contribution is 2.28. The molecule has 0 aliphatic carbocycles. The van der Waals surface area contributed by atoms with Crippen LogP contribution in [0.4, 0.5) is 0 Å². The van der Waals surface area contributed by atoms with Crippen molar-refractivity contribution in [1.29, 1.82) is 0 Å². The van der Waals surface area contributed by atoms with Crippen molar-refractivity contribution in [3.63, 3.8) is 0 Å². The number of aliphatic hydroxyl groups is 1. The standard InChI is InChI=1S/C13H16N2OS/c1-2-13(16)8-15(9-13)7-12-14-10-5-3-4-6-11(10)17-12/h3-6,16H,2,7-9H2,1H3. The van der Waals surface area contributed by atoms with Crippen LogP contribution in [0, 0.1) is 0 Å². The van der Waals surface area contributed by atoms with Crippen molar-refractivity contribution in [2.24, 2.45) is 0 Å². The van der Waals surface area contributed by atoms with Crippen LogP contribution < -0.4 is 0 Å². The molecule has 3 rings (SSSR count). The lowest BCUT2D eigenvalue weighted by Crippen LogP contribution is -2.60. The average Bonchev–Trinajstić information content (AvgIpc) is 2.69. The third-order valence-corrected chi connectivity index (χ3v) is 4.41. The van der Waals surface area contributed by atoms with Crippen LogP contribution in [0.25, 0.3) is 10.2 Å². The molecule has 4 heteroatoms. The van der Waals surface area contributed by atoms with Crippen LogP contribution >= 0.6 is 11.3 Å². The fraction of sp³-hybridized carbons (Fsp3) is 0.462. The minimum atomic E-state index is -0.448. The zero-order valence-electron chi connectivity index (χ0n) is 9.89. The molecule has 17 heavy (non-hydrogen) atoms. The van der Waals surface area contributed by atoms with Crippen LogP contribution in [0.3, 0.4) is 0 Å². The summed E-state index contributed by atoms with van der Waals surface area (Å²) in [6.45, 7) is 4.45. The number of rotatable bonds is 3. The summed E-state index contributed by atoms with van der Waals surface area (Å²) in [4.78, 5) is 6.85. The molecule has 0 amide bonds. The maximum atomic E-state index is 9.95. The van der Waals surface area contributed by atoms with Gasteiger partial charge in [-0.2, -0.15) is 0 Å². The SMILES string of the molecule is CCC1(O)CN(Cc2nc3ccccc3s2)C1. The number of fused-ring (bicyclic) bond motifs is 1. The average molecular weight is 248 g/mol. The Morgan fingerprint density at radius 3 is 2.88 bits per heavy atom. The second-order valence-corrected chi connectivity index (χ2v) is 5.91. The van der Waals surface area contributed by atoms with E-state index >= 15 is 0 Å². The maximum Gasteiger partial charge on any atom is 0.108 e. The van der Waals surface area contributed by atoms with Gasteiger partial charge in [0.15, 0.2) is 0 Å². The van der Waals surface area contributed by atoms with Gasteiger partial charge in [0.2, 0.25) is 0 Å². The molecule has 1 fully saturated rings. The molecular weight excluding hydrogens is 232 g/mol. The molecule has 1 aromatic carbocycles. The third-order valence-electron chi connectivity index (χ3n) is 3.39. The highest BCUT2D eigenvalue weighted by Gasteiger charge is 2.39. The normalized spacial score (nSPS) is 19.4. The van der Waals surface area contributed by atoms with Gasteiger partial charge in [-0.25, -0.2) is 4.98 Å². The van der Waals surface area contributed by atoms with E-state index in [0.717, 1.165) is 36.6 Å². The molecule has 1 saturated heterocycles. The molecule has 2 aromatic rings. The van der Waals surface area contributed by atoms with Crippen molar-refractivity contribution >= 4 is 21.6 Å². The Hall–Kier alpha value is -0.970. The number of benzene rings is 1. The van der Waals surface area contributed by atoms with Crippen molar-refractivity contribution in [3.8, 4) is 0 Å². The summed E-state index contributed by atoms with van der Waals surface area (Å²) >= 11 is 1.75. The molecule has 1 aliphatic heterocycles. The zero-order valence-corrected chi connectivity index (χ0v) is 10.7. The Labute approximate surface area is 105 Å². The van der Waals surface area contributed by atoms with Crippen LogP contribution in [0.2, 0.25) is 0 Å². The van der Waals surface area contributed by atoms with Crippen molar-refractivity contribution in [2.45, 2.75) is 25.5 Å². The maximum absolute atomic E-state index is 9.95. The largest absolute Gasteiger partial charge is 0.387 e. The van der Waals surface area contributed by atoms with Gasteiger partial charge in [0.25, 0.3) is 0 Å². The number of hydrogen-bond acceptors (Lipinski definition) is 4. The predicted octanol–water partition coefficient (Wildman–Crippen LogP) is 2.25. The van der Waals surface area contributed by atoms with E-state index in [4.69, 9.17) is 0 Å². The summed E-state index contributed by atoms with van der Waals surface area (Å²) in [6.07, 6.45) is 0.837. The summed E-state index contributed by atoms with van der Waals surface area (Å²) in [5, 5.41) is 11.1. The lowest BCUT2D eigenvalue weighted by Gasteiger charge is -2.45. The van der Waals surface area contributed by atoms with Gasteiger partial charge in [0.1, 0.15) is 5.01 Å². The summed E-state index contributed by atoms with van der Waals surface area (Å²) in [5.74, 6) is 0. The molecule has 0 spiro atoms. The minimum Gasteiger partial charge on any atom is -0.387 e. The Morgan fingerprint density at radius 2 is 2.18 bits per heavy atom. The van der Waals surface area contributed by atoms with Crippen molar-refractivity contribution in [1.82, 2.24) is 9.88 Å². The molecule has 0 unspecified atom stereocenters. The number of thiazole rings is 1. The second-order valence-electron chi connectivity index (χ2n) is 4.80. The second kappa shape index (κ2) is 4.05. The molecule has 2 heterocycles. The number of nitrogens with zero attached hydrogens (tertiary/aromatic N) is 2. The van der Waals surface area contributed by atoms with E-state index in [1.165, 1.54) is 4.70 Å². The van der Waals surface area contributed by atoms with Crippen molar-refractivity contribution < 1.29 is 5.11 Å². The van der Waals surface area contributed by atoms with Gasteiger partial charge in [0.05, 0.1) is 22.4 Å². The molecule has 0 saturated carbocycles. The predicted molar refractivity (Wildman–Crippen MR) is 70.1 cm³/mol. The summed E-state index contributed by atoms with van der Waals surface area (Å²) in [6, 6.07) is 8.22. The van der Waals surface area contributed by atoms with Gasteiger partial charge in [-0.05, 0) is 18.6 Å². The fourth-order valence-electron chi connectivity index (χ4n) is 2.30. The zero-order chi connectivity index (χ0) is 11.9. The quantitative estimate of drug-likeness (QED) is 0.905. The Balaban J connectivity index is 1.70. The van der Waals surface area contributed by atoms with E-state index in [1.54, 1.807) is 11.3 Å². The first-order valence-corrected chi connectivity index (χ1v) is 6.79. The number of para-hydroxylation sites is 1. The first-order valence-electron chi connectivity index (χ1n) is 5.98. The van der Waals surface area contributed by atoms with Crippen LogP contribution in [0.5, 0.6) is 0 Å². The summed E-state index contributed by atoms with van der Waals surface area (Å²) in [5.41, 5.74) is 0.634. The Morgan fingerprint density at radius 1 is 1.41 bits per heavy atom. The number of likely N-dealkylation sites (tertiary alicyclic amines) is 1. The molecule has 1 N–H and O–H groups in total. The molecule has 1 aromatic heterocycles. The molecular formula is C13H16N2OS. The van der Waals surface area contributed by atoms with Gasteiger partial charge in [-0.15, -0.1) is 11.3 Å². The van der Waals surface area contributed by atoms with E-state index in [1.807, 2.05) is 25.1 Å². The van der Waals surface area contributed by atoms with E-state index in [-0.39, 0.29) is 0 Å². The Kier molecular flexibility index (Phi) is 2.65. The van der Waals surface area contributed by atoms with E-state index in [0.29, 0.717) is 0 Å². The molecule has 90 valence electrons. The minimum absolute atomic E-state index is 0.448. The number of β-amino-alcohol motifs (C(OH)–C–C–N with tert-alkyl or cyclic N) is 1. The lowest BCUT2D eigenvalue weighted by molar-refractivity contribution is -0.103. The van der Waals surface area contributed by atoms with Gasteiger partial charge in [-0.3, -0.25) is 4.90 Å². The first kappa shape index (κ1) is 11.1. The van der Waals surface area contributed by atoms with E-state index in [2.05, 4.69) is 16.0 Å². The van der Waals surface area contributed by atoms with Crippen molar-refractivity contribution in [2.75, 3.05) is 13.1 Å². The molecule has 3 nitrogen and oxygen atoms in total. The Bertz CT molecular complexity index is 498. The molecule has 0 bridgehead atoms. The molecule has 1 aliphatic rings. The van der Waals surface area contributed by atoms with Gasteiger partial charge in [-0.1, -0.05) is 19.1 Å².